The van der Waals surface area contributed by atoms with E-state index in [-0.39, 0.29) is 23.2 Å². The molecule has 0 radical (unpaired) electrons. The number of methoxy groups -OCH3 is 1. The summed E-state index contributed by atoms with van der Waals surface area (Å²) in [5, 5.41) is 0. The molecule has 2 aromatic rings. The van der Waals surface area contributed by atoms with Crippen molar-refractivity contribution in [2.45, 2.75) is 78.1 Å². The molecule has 2 aromatic carbocycles. The van der Waals surface area contributed by atoms with Gasteiger partial charge in [0, 0.05) is 12.0 Å². The lowest BCUT2D eigenvalue weighted by molar-refractivity contribution is -0.122. The third-order valence-corrected chi connectivity index (χ3v) is 6.73. The number of hydrogen-bond acceptors (Lipinski definition) is 4. The van der Waals surface area contributed by atoms with Crippen molar-refractivity contribution in [1.82, 2.24) is 10.9 Å². The van der Waals surface area contributed by atoms with Crippen molar-refractivity contribution >= 4 is 11.8 Å². The van der Waals surface area contributed by atoms with E-state index >= 15 is 0 Å². The van der Waals surface area contributed by atoms with Crippen LogP contribution in [0.3, 0.4) is 0 Å². The first kappa shape index (κ1) is 27.2. The van der Waals surface area contributed by atoms with Crippen LogP contribution in [0.1, 0.15) is 88.7 Å². The molecule has 0 aliphatic carbocycles. The summed E-state index contributed by atoms with van der Waals surface area (Å²) >= 11 is 0. The number of ether oxygens (including phenoxy) is 2. The summed E-state index contributed by atoms with van der Waals surface area (Å²) < 4.78 is 11.3. The molecule has 6 heteroatoms. The van der Waals surface area contributed by atoms with Gasteiger partial charge >= 0.3 is 0 Å². The highest BCUT2D eigenvalue weighted by atomic mass is 16.5. The van der Waals surface area contributed by atoms with Crippen LogP contribution in [0, 0.1) is 0 Å². The van der Waals surface area contributed by atoms with Gasteiger partial charge < -0.3 is 9.47 Å². The van der Waals surface area contributed by atoms with Gasteiger partial charge in [0.1, 0.15) is 11.5 Å². The smallest absolute Gasteiger partial charge is 0.273 e. The van der Waals surface area contributed by atoms with E-state index in [0.29, 0.717) is 24.3 Å². The molecule has 2 amide bonds. The van der Waals surface area contributed by atoms with Crippen LogP contribution in [0.5, 0.6) is 11.5 Å². The van der Waals surface area contributed by atoms with Crippen LogP contribution < -0.4 is 20.3 Å². The lowest BCUT2D eigenvalue weighted by Gasteiger charge is -2.30. The predicted octanol–water partition coefficient (Wildman–Crippen LogP) is 5.69. The minimum Gasteiger partial charge on any atom is -0.496 e. The second-order valence-electron chi connectivity index (χ2n) is 9.84. The Labute approximate surface area is 204 Å². The van der Waals surface area contributed by atoms with E-state index in [0.717, 1.165) is 18.6 Å². The fraction of sp³-hybridized carbons (Fsp3) is 0.500. The third-order valence-electron chi connectivity index (χ3n) is 6.73. The van der Waals surface area contributed by atoms with E-state index < -0.39 is 5.91 Å². The molecule has 0 spiro atoms. The topological polar surface area (TPSA) is 76.7 Å². The van der Waals surface area contributed by atoms with Gasteiger partial charge in [-0.2, -0.15) is 0 Å². The van der Waals surface area contributed by atoms with Crippen molar-refractivity contribution in [3.05, 3.63) is 59.2 Å². The van der Waals surface area contributed by atoms with Gasteiger partial charge in [-0.25, -0.2) is 0 Å². The van der Waals surface area contributed by atoms with Gasteiger partial charge in [0.25, 0.3) is 5.91 Å². The summed E-state index contributed by atoms with van der Waals surface area (Å²) in [4.78, 5) is 24.5. The van der Waals surface area contributed by atoms with Crippen LogP contribution in [0.25, 0.3) is 0 Å². The molecule has 0 heterocycles. The lowest BCUT2D eigenvalue weighted by Crippen LogP contribution is -2.41. The number of benzene rings is 2. The van der Waals surface area contributed by atoms with Gasteiger partial charge in [0.05, 0.1) is 19.3 Å². The van der Waals surface area contributed by atoms with Gasteiger partial charge in [-0.1, -0.05) is 65.8 Å². The molecule has 2 N–H and O–H groups in total. The number of hydrogen-bond donors (Lipinski definition) is 2. The molecule has 186 valence electrons. The molecule has 0 saturated carbocycles. The second kappa shape index (κ2) is 11.9. The fourth-order valence-corrected chi connectivity index (χ4v) is 3.50. The zero-order valence-electron chi connectivity index (χ0n) is 21.7. The molecule has 0 aromatic heterocycles. The minimum atomic E-state index is -0.427. The van der Waals surface area contributed by atoms with E-state index in [1.165, 1.54) is 18.2 Å². The normalized spacial score (nSPS) is 11.6. The standard InChI is InChI=1S/C28H40N2O4/c1-8-27(3,4)20-16-17-24(22(19-20)28(5,6)9-2)34-18-12-15-25(31)29-30-26(32)21-13-10-11-14-23(21)33-7/h10-11,13-14,16-17,19H,8-9,12,15,18H2,1-7H3,(H,29,31)(H,30,32). The number of carbonyl (C=O) groups is 2. The highest BCUT2D eigenvalue weighted by molar-refractivity contribution is 5.97. The van der Waals surface area contributed by atoms with Crippen molar-refractivity contribution < 1.29 is 19.1 Å². The summed E-state index contributed by atoms with van der Waals surface area (Å²) in [6.07, 6.45) is 2.82. The van der Waals surface area contributed by atoms with E-state index in [2.05, 4.69) is 70.6 Å². The average molecular weight is 469 g/mol. The molecule has 34 heavy (non-hydrogen) atoms. The predicted molar refractivity (Wildman–Crippen MR) is 136 cm³/mol. The van der Waals surface area contributed by atoms with Gasteiger partial charge in [-0.05, 0) is 53.9 Å². The van der Waals surface area contributed by atoms with Crippen LogP contribution in [0.15, 0.2) is 42.5 Å². The molecule has 2 rings (SSSR count). The molecule has 0 unspecified atom stereocenters. The van der Waals surface area contributed by atoms with Crippen LogP contribution in [0.2, 0.25) is 0 Å². The number of para-hydroxylation sites is 1. The number of nitrogens with one attached hydrogen (secondary N) is 2. The Morgan fingerprint density at radius 3 is 2.21 bits per heavy atom. The molecule has 0 aliphatic rings. The molecule has 6 nitrogen and oxygen atoms in total. The molecule has 0 atom stereocenters. The van der Waals surface area contributed by atoms with Gasteiger partial charge in [0.2, 0.25) is 5.91 Å². The first-order valence-corrected chi connectivity index (χ1v) is 12.1. The van der Waals surface area contributed by atoms with Gasteiger partial charge in [-0.15, -0.1) is 0 Å². The Hall–Kier alpha value is -3.02. The average Bonchev–Trinajstić information content (AvgIpc) is 2.84. The third kappa shape index (κ3) is 6.99. The van der Waals surface area contributed by atoms with Crippen molar-refractivity contribution in [2.75, 3.05) is 13.7 Å². The van der Waals surface area contributed by atoms with E-state index in [1.54, 1.807) is 24.3 Å². The summed E-state index contributed by atoms with van der Waals surface area (Å²) in [5.74, 6) is 0.610. The number of rotatable bonds is 11. The summed E-state index contributed by atoms with van der Waals surface area (Å²) in [5.41, 5.74) is 7.84. The van der Waals surface area contributed by atoms with E-state index in [1.807, 2.05) is 0 Å². The first-order valence-electron chi connectivity index (χ1n) is 12.1. The summed E-state index contributed by atoms with van der Waals surface area (Å²) in [6, 6.07) is 13.3. The Morgan fingerprint density at radius 1 is 0.882 bits per heavy atom. The fourth-order valence-electron chi connectivity index (χ4n) is 3.50. The zero-order chi connectivity index (χ0) is 25.4. The lowest BCUT2D eigenvalue weighted by atomic mass is 9.76. The Bertz CT molecular complexity index is 982. The Kier molecular flexibility index (Phi) is 9.54. The maximum Gasteiger partial charge on any atom is 0.273 e. The zero-order valence-corrected chi connectivity index (χ0v) is 21.7. The van der Waals surface area contributed by atoms with Crippen LogP contribution >= 0.6 is 0 Å². The molecule has 0 fully saturated rings. The highest BCUT2D eigenvalue weighted by Crippen LogP contribution is 2.38. The highest BCUT2D eigenvalue weighted by Gasteiger charge is 2.26. The number of carbonyl (C=O) groups excluding carboxylic acids is 2. The minimum absolute atomic E-state index is 0.0185. The largest absolute Gasteiger partial charge is 0.496 e. The monoisotopic (exact) mass is 468 g/mol. The summed E-state index contributed by atoms with van der Waals surface area (Å²) in [7, 11) is 1.50. The molecule has 0 saturated heterocycles. The number of amides is 2. The van der Waals surface area contributed by atoms with Crippen LogP contribution in [0.4, 0.5) is 0 Å². The van der Waals surface area contributed by atoms with Crippen molar-refractivity contribution in [3.8, 4) is 11.5 Å². The Morgan fingerprint density at radius 2 is 1.56 bits per heavy atom. The van der Waals surface area contributed by atoms with Gasteiger partial charge in [0.15, 0.2) is 0 Å². The molecule has 0 bridgehead atoms. The van der Waals surface area contributed by atoms with E-state index in [4.69, 9.17) is 9.47 Å². The Balaban J connectivity index is 1.92. The second-order valence-corrected chi connectivity index (χ2v) is 9.84. The first-order chi connectivity index (χ1) is 16.1. The quantitative estimate of drug-likeness (QED) is 0.328. The van der Waals surface area contributed by atoms with Crippen LogP contribution in [-0.4, -0.2) is 25.5 Å². The van der Waals surface area contributed by atoms with Crippen LogP contribution in [-0.2, 0) is 15.6 Å². The maximum absolute atomic E-state index is 12.3. The molecular weight excluding hydrogens is 428 g/mol. The van der Waals surface area contributed by atoms with E-state index in [9.17, 15) is 9.59 Å². The van der Waals surface area contributed by atoms with Crippen molar-refractivity contribution in [1.29, 1.82) is 0 Å². The maximum atomic E-state index is 12.3. The van der Waals surface area contributed by atoms with Crippen molar-refractivity contribution in [2.24, 2.45) is 0 Å². The molecule has 0 aliphatic heterocycles. The number of hydrazine groups is 1. The molecular formula is C28H40N2O4. The summed E-state index contributed by atoms with van der Waals surface area (Å²) in [6.45, 7) is 13.8. The van der Waals surface area contributed by atoms with Gasteiger partial charge in [-0.3, -0.25) is 20.4 Å². The van der Waals surface area contributed by atoms with Crippen molar-refractivity contribution in [3.63, 3.8) is 0 Å². The SMILES string of the molecule is CCC(C)(C)c1ccc(OCCCC(=O)NNC(=O)c2ccccc2OC)c(C(C)(C)CC)c1.